The van der Waals surface area contributed by atoms with E-state index < -0.39 is 0 Å². The van der Waals surface area contributed by atoms with Gasteiger partial charge in [0.25, 0.3) is 11.8 Å². The normalized spacial score (nSPS) is 16.8. The Bertz CT molecular complexity index is 870. The molecule has 0 aliphatic carbocycles. The lowest BCUT2D eigenvalue weighted by Crippen LogP contribution is -2.50. The van der Waals surface area contributed by atoms with Gasteiger partial charge >= 0.3 is 0 Å². The van der Waals surface area contributed by atoms with E-state index in [2.05, 4.69) is 0 Å². The Morgan fingerprint density at radius 1 is 1.00 bits per heavy atom. The minimum absolute atomic E-state index is 0.0335. The number of carbonyl (C=O) groups is 3. The quantitative estimate of drug-likeness (QED) is 0.812. The Morgan fingerprint density at radius 3 is 2.35 bits per heavy atom. The number of likely N-dealkylation sites (N-methyl/N-ethyl adjacent to an activating group) is 1. The van der Waals surface area contributed by atoms with Crippen LogP contribution in [0.25, 0.3) is 0 Å². The van der Waals surface area contributed by atoms with Crippen molar-refractivity contribution in [1.29, 1.82) is 0 Å². The van der Waals surface area contributed by atoms with Gasteiger partial charge in [-0.2, -0.15) is 0 Å². The fourth-order valence-corrected chi connectivity index (χ4v) is 4.15. The summed E-state index contributed by atoms with van der Waals surface area (Å²) in [4.78, 5) is 42.9. The number of piperazine rings is 1. The first-order chi connectivity index (χ1) is 12.5. The van der Waals surface area contributed by atoms with E-state index in [1.807, 2.05) is 29.6 Å². The second kappa shape index (κ2) is 6.57. The van der Waals surface area contributed by atoms with Gasteiger partial charge in [0.05, 0.1) is 11.3 Å². The lowest BCUT2D eigenvalue weighted by molar-refractivity contribution is -0.117. The van der Waals surface area contributed by atoms with Crippen molar-refractivity contribution >= 4 is 34.7 Å². The van der Waals surface area contributed by atoms with Crippen LogP contribution in [0.1, 0.15) is 25.6 Å². The zero-order valence-corrected chi connectivity index (χ0v) is 15.3. The number of anilines is 1. The second-order valence-corrected chi connectivity index (χ2v) is 7.48. The van der Waals surface area contributed by atoms with Crippen LogP contribution in [0.2, 0.25) is 0 Å². The highest BCUT2D eigenvalue weighted by Gasteiger charge is 2.28. The Labute approximate surface area is 155 Å². The first kappa shape index (κ1) is 16.8. The van der Waals surface area contributed by atoms with Gasteiger partial charge in [-0.25, -0.2) is 0 Å². The van der Waals surface area contributed by atoms with E-state index in [1.54, 1.807) is 27.8 Å². The molecule has 4 rings (SSSR count). The molecule has 0 unspecified atom stereocenters. The number of amides is 3. The number of fused-ring (bicyclic) bond motifs is 1. The van der Waals surface area contributed by atoms with E-state index in [-0.39, 0.29) is 17.7 Å². The van der Waals surface area contributed by atoms with Crippen LogP contribution in [-0.2, 0) is 11.2 Å². The smallest absolute Gasteiger partial charge is 0.264 e. The second-order valence-electron chi connectivity index (χ2n) is 6.53. The summed E-state index contributed by atoms with van der Waals surface area (Å²) >= 11 is 1.44. The third-order valence-corrected chi connectivity index (χ3v) is 5.85. The average molecular weight is 369 g/mol. The predicted molar refractivity (Wildman–Crippen MR) is 99.7 cm³/mol. The molecule has 0 bridgehead atoms. The van der Waals surface area contributed by atoms with Gasteiger partial charge < -0.3 is 14.7 Å². The van der Waals surface area contributed by atoms with Gasteiger partial charge in [0.15, 0.2) is 0 Å². The van der Waals surface area contributed by atoms with Gasteiger partial charge in [-0.1, -0.05) is 6.07 Å². The van der Waals surface area contributed by atoms with Gasteiger partial charge in [0.1, 0.15) is 0 Å². The van der Waals surface area contributed by atoms with Crippen LogP contribution in [0.5, 0.6) is 0 Å². The predicted octanol–water partition coefficient (Wildman–Crippen LogP) is 1.87. The molecule has 1 fully saturated rings. The molecular formula is C19H19N3O3S. The molecule has 6 nitrogen and oxygen atoms in total. The maximum absolute atomic E-state index is 12.8. The number of carbonyl (C=O) groups excluding carboxylic acids is 3. The molecule has 0 N–H and O–H groups in total. The lowest BCUT2D eigenvalue weighted by Gasteiger charge is -2.34. The van der Waals surface area contributed by atoms with Crippen molar-refractivity contribution < 1.29 is 14.4 Å². The molecular weight excluding hydrogens is 350 g/mol. The standard InChI is InChI=1S/C19H19N3O3S/c1-20-15-5-4-13(11-14(15)12-17(20)23)18(24)21-6-8-22(9-7-21)19(25)16-3-2-10-26-16/h2-5,10-11H,6-9,12H2,1H3. The van der Waals surface area contributed by atoms with E-state index >= 15 is 0 Å². The summed E-state index contributed by atoms with van der Waals surface area (Å²) in [6, 6.07) is 9.13. The number of thiophene rings is 1. The topological polar surface area (TPSA) is 60.9 Å². The van der Waals surface area contributed by atoms with Crippen LogP contribution < -0.4 is 4.90 Å². The van der Waals surface area contributed by atoms with Gasteiger partial charge in [-0.3, -0.25) is 14.4 Å². The molecule has 26 heavy (non-hydrogen) atoms. The van der Waals surface area contributed by atoms with Crippen molar-refractivity contribution in [1.82, 2.24) is 9.80 Å². The van der Waals surface area contributed by atoms with Crippen molar-refractivity contribution in [2.45, 2.75) is 6.42 Å². The summed E-state index contributed by atoms with van der Waals surface area (Å²) in [6.45, 7) is 2.11. The summed E-state index contributed by atoms with van der Waals surface area (Å²) < 4.78 is 0. The molecule has 2 aliphatic rings. The van der Waals surface area contributed by atoms with Gasteiger partial charge in [0.2, 0.25) is 5.91 Å². The van der Waals surface area contributed by atoms with Gasteiger partial charge in [-0.15, -0.1) is 11.3 Å². The minimum Gasteiger partial charge on any atom is -0.335 e. The minimum atomic E-state index is -0.0435. The van der Waals surface area contributed by atoms with E-state index in [4.69, 9.17) is 0 Å². The Kier molecular flexibility index (Phi) is 4.24. The largest absolute Gasteiger partial charge is 0.335 e. The molecule has 0 atom stereocenters. The SMILES string of the molecule is CN1C(=O)Cc2cc(C(=O)N3CCN(C(=O)c4cccs4)CC3)ccc21. The number of nitrogens with zero attached hydrogens (tertiary/aromatic N) is 3. The average Bonchev–Trinajstić information content (AvgIpc) is 3.29. The van der Waals surface area contributed by atoms with Crippen molar-refractivity contribution in [2.75, 3.05) is 38.1 Å². The monoisotopic (exact) mass is 369 g/mol. The molecule has 7 heteroatoms. The van der Waals surface area contributed by atoms with Crippen LogP contribution in [0, 0.1) is 0 Å². The fraction of sp³-hybridized carbons (Fsp3) is 0.316. The molecule has 2 aromatic rings. The first-order valence-electron chi connectivity index (χ1n) is 8.56. The Morgan fingerprint density at radius 2 is 1.69 bits per heavy atom. The van der Waals surface area contributed by atoms with Crippen LogP contribution >= 0.6 is 11.3 Å². The molecule has 1 aromatic carbocycles. The lowest BCUT2D eigenvalue weighted by atomic mass is 10.1. The van der Waals surface area contributed by atoms with Gasteiger partial charge in [-0.05, 0) is 35.2 Å². The summed E-state index contributed by atoms with van der Waals surface area (Å²) in [7, 11) is 1.75. The highest BCUT2D eigenvalue weighted by molar-refractivity contribution is 7.12. The van der Waals surface area contributed by atoms with E-state index in [9.17, 15) is 14.4 Å². The van der Waals surface area contributed by atoms with Crippen LogP contribution in [0.15, 0.2) is 35.7 Å². The number of hydrogen-bond donors (Lipinski definition) is 0. The van der Waals surface area contributed by atoms with Crippen molar-refractivity contribution in [3.63, 3.8) is 0 Å². The maximum atomic E-state index is 12.8. The van der Waals surface area contributed by atoms with E-state index in [0.717, 1.165) is 16.1 Å². The molecule has 2 aliphatic heterocycles. The van der Waals surface area contributed by atoms with Crippen LogP contribution in [-0.4, -0.2) is 60.7 Å². The molecule has 0 radical (unpaired) electrons. The zero-order chi connectivity index (χ0) is 18.3. The summed E-state index contributed by atoms with van der Waals surface area (Å²) in [5, 5.41) is 1.89. The number of hydrogen-bond acceptors (Lipinski definition) is 4. The summed E-state index contributed by atoms with van der Waals surface area (Å²) in [5.74, 6) is 0.0366. The Hall–Kier alpha value is -2.67. The Balaban J connectivity index is 1.42. The van der Waals surface area contributed by atoms with Crippen LogP contribution in [0.3, 0.4) is 0 Å². The first-order valence-corrected chi connectivity index (χ1v) is 9.44. The summed E-state index contributed by atoms with van der Waals surface area (Å²) in [5.41, 5.74) is 2.37. The van der Waals surface area contributed by atoms with E-state index in [1.165, 1.54) is 11.3 Å². The molecule has 0 saturated carbocycles. The zero-order valence-electron chi connectivity index (χ0n) is 14.5. The summed E-state index contributed by atoms with van der Waals surface area (Å²) in [6.07, 6.45) is 0.343. The van der Waals surface area contributed by atoms with Crippen molar-refractivity contribution in [3.8, 4) is 0 Å². The van der Waals surface area contributed by atoms with Gasteiger partial charge in [0, 0.05) is 44.5 Å². The number of benzene rings is 1. The third kappa shape index (κ3) is 2.88. The third-order valence-electron chi connectivity index (χ3n) is 4.99. The number of rotatable bonds is 2. The highest BCUT2D eigenvalue weighted by atomic mass is 32.1. The molecule has 3 amide bonds. The molecule has 3 heterocycles. The molecule has 1 aromatic heterocycles. The van der Waals surface area contributed by atoms with Crippen molar-refractivity contribution in [3.05, 3.63) is 51.7 Å². The molecule has 0 spiro atoms. The van der Waals surface area contributed by atoms with Crippen molar-refractivity contribution in [2.24, 2.45) is 0 Å². The highest BCUT2D eigenvalue weighted by Crippen LogP contribution is 2.28. The molecule has 1 saturated heterocycles. The van der Waals surface area contributed by atoms with E-state index in [0.29, 0.717) is 38.2 Å². The maximum Gasteiger partial charge on any atom is 0.264 e. The van der Waals surface area contributed by atoms with Crippen LogP contribution in [0.4, 0.5) is 5.69 Å². The fourth-order valence-electron chi connectivity index (χ4n) is 3.45. The molecule has 134 valence electrons.